The third-order valence-electron chi connectivity index (χ3n) is 1.47. The molecule has 0 unspecified atom stereocenters. The molecule has 0 N–H and O–H groups in total. The third kappa shape index (κ3) is 2.80. The summed E-state index contributed by atoms with van der Waals surface area (Å²) in [5.41, 5.74) is 1.15. The van der Waals surface area contributed by atoms with Gasteiger partial charge in [0.2, 0.25) is 0 Å². The van der Waals surface area contributed by atoms with E-state index in [0.29, 0.717) is 17.2 Å². The van der Waals surface area contributed by atoms with Gasteiger partial charge in [-0.25, -0.2) is 4.98 Å². The lowest BCUT2D eigenvalue weighted by Crippen LogP contribution is -2.04. The van der Waals surface area contributed by atoms with Gasteiger partial charge in [-0.05, 0) is 24.4 Å². The minimum absolute atomic E-state index is 0.399. The molecule has 0 bridgehead atoms. The van der Waals surface area contributed by atoms with Crippen molar-refractivity contribution < 1.29 is 4.74 Å². The van der Waals surface area contributed by atoms with Gasteiger partial charge in [0.15, 0.2) is 5.05 Å². The van der Waals surface area contributed by atoms with Crippen LogP contribution in [0.2, 0.25) is 0 Å². The van der Waals surface area contributed by atoms with Crippen LogP contribution in [0, 0.1) is 11.3 Å². The average Bonchev–Trinajstić information content (AvgIpc) is 2.18. The van der Waals surface area contributed by atoms with Crippen molar-refractivity contribution in [3.8, 4) is 6.07 Å². The molecule has 3 nitrogen and oxygen atoms in total. The molecule has 1 aromatic heterocycles. The Kier molecular flexibility index (Phi) is 3.35. The van der Waals surface area contributed by atoms with Crippen molar-refractivity contribution in [3.05, 3.63) is 29.6 Å². The van der Waals surface area contributed by atoms with Gasteiger partial charge in [-0.3, -0.25) is 0 Å². The van der Waals surface area contributed by atoms with Crippen LogP contribution in [0.15, 0.2) is 18.2 Å². The molecule has 0 amide bonds. The zero-order chi connectivity index (χ0) is 9.68. The first-order valence-electron chi connectivity index (χ1n) is 3.69. The Bertz CT molecular complexity index is 357. The van der Waals surface area contributed by atoms with E-state index in [2.05, 4.69) is 4.98 Å². The SMILES string of the molecule is COC(=S)Cc1cccc(C#N)n1. The molecule has 0 radical (unpaired) electrons. The lowest BCUT2D eigenvalue weighted by molar-refractivity contribution is 0.405. The minimum atomic E-state index is 0.399. The fourth-order valence-corrected chi connectivity index (χ4v) is 1.01. The molecule has 0 aliphatic rings. The van der Waals surface area contributed by atoms with Gasteiger partial charge in [0.05, 0.1) is 19.2 Å². The van der Waals surface area contributed by atoms with E-state index in [1.807, 2.05) is 12.1 Å². The Labute approximate surface area is 82.0 Å². The van der Waals surface area contributed by atoms with Crippen LogP contribution in [-0.2, 0) is 11.2 Å². The Morgan fingerprint density at radius 3 is 3.08 bits per heavy atom. The maximum atomic E-state index is 8.58. The molecule has 1 rings (SSSR count). The molecule has 0 spiro atoms. The molecular weight excluding hydrogens is 184 g/mol. The normalized spacial score (nSPS) is 8.92. The van der Waals surface area contributed by atoms with E-state index in [0.717, 1.165) is 5.69 Å². The van der Waals surface area contributed by atoms with Gasteiger partial charge in [-0.2, -0.15) is 5.26 Å². The zero-order valence-electron chi connectivity index (χ0n) is 7.15. The number of hydrogen-bond acceptors (Lipinski definition) is 4. The lowest BCUT2D eigenvalue weighted by atomic mass is 10.2. The van der Waals surface area contributed by atoms with E-state index in [1.165, 1.54) is 7.11 Å². The van der Waals surface area contributed by atoms with Crippen LogP contribution < -0.4 is 0 Å². The molecule has 66 valence electrons. The van der Waals surface area contributed by atoms with Gasteiger partial charge < -0.3 is 4.74 Å². The highest BCUT2D eigenvalue weighted by Gasteiger charge is 2.00. The molecule has 1 aromatic rings. The summed E-state index contributed by atoms with van der Waals surface area (Å²) in [6.07, 6.45) is 0.474. The van der Waals surface area contributed by atoms with E-state index < -0.39 is 0 Å². The maximum Gasteiger partial charge on any atom is 0.165 e. The van der Waals surface area contributed by atoms with E-state index >= 15 is 0 Å². The van der Waals surface area contributed by atoms with E-state index in [1.54, 1.807) is 12.1 Å². The predicted molar refractivity (Wildman–Crippen MR) is 52.3 cm³/mol. The minimum Gasteiger partial charge on any atom is -0.490 e. The van der Waals surface area contributed by atoms with Gasteiger partial charge in [0.1, 0.15) is 11.8 Å². The average molecular weight is 192 g/mol. The fraction of sp³-hybridized carbons (Fsp3) is 0.222. The molecular formula is C9H8N2OS. The number of pyridine rings is 1. The second-order valence-corrected chi connectivity index (χ2v) is 2.83. The number of aromatic nitrogens is 1. The lowest BCUT2D eigenvalue weighted by Gasteiger charge is -2.01. The number of nitriles is 1. The second kappa shape index (κ2) is 4.53. The maximum absolute atomic E-state index is 8.58. The predicted octanol–water partition coefficient (Wildman–Crippen LogP) is 1.47. The van der Waals surface area contributed by atoms with Crippen LogP contribution in [-0.4, -0.2) is 17.1 Å². The van der Waals surface area contributed by atoms with Crippen LogP contribution in [0.25, 0.3) is 0 Å². The van der Waals surface area contributed by atoms with Crippen molar-refractivity contribution in [2.75, 3.05) is 7.11 Å². The van der Waals surface area contributed by atoms with E-state index in [-0.39, 0.29) is 0 Å². The van der Waals surface area contributed by atoms with E-state index in [9.17, 15) is 0 Å². The molecule has 0 saturated heterocycles. The molecule has 13 heavy (non-hydrogen) atoms. The number of ether oxygens (including phenoxy) is 1. The van der Waals surface area contributed by atoms with Crippen LogP contribution in [0.3, 0.4) is 0 Å². The highest BCUT2D eigenvalue weighted by atomic mass is 32.1. The van der Waals surface area contributed by atoms with E-state index in [4.69, 9.17) is 22.2 Å². The number of thiocarbonyl (C=S) groups is 1. The number of hydrogen-bond donors (Lipinski definition) is 0. The molecule has 0 aromatic carbocycles. The third-order valence-corrected chi connectivity index (χ3v) is 1.79. The summed E-state index contributed by atoms with van der Waals surface area (Å²) >= 11 is 4.87. The monoisotopic (exact) mass is 192 g/mol. The van der Waals surface area contributed by atoms with Crippen molar-refractivity contribution in [3.63, 3.8) is 0 Å². The van der Waals surface area contributed by atoms with Crippen LogP contribution >= 0.6 is 12.2 Å². The first kappa shape index (κ1) is 9.62. The van der Waals surface area contributed by atoms with Crippen LogP contribution in [0.5, 0.6) is 0 Å². The van der Waals surface area contributed by atoms with Gasteiger partial charge >= 0.3 is 0 Å². The van der Waals surface area contributed by atoms with Gasteiger partial charge in [-0.1, -0.05) is 6.07 Å². The standard InChI is InChI=1S/C9H8N2OS/c1-12-9(13)5-7-3-2-4-8(6-10)11-7/h2-4H,5H2,1H3. The Morgan fingerprint density at radius 1 is 1.69 bits per heavy atom. The van der Waals surface area contributed by atoms with Crippen LogP contribution in [0.1, 0.15) is 11.4 Å². The summed E-state index contributed by atoms with van der Waals surface area (Å²) in [5, 5.41) is 9.05. The van der Waals surface area contributed by atoms with Crippen molar-refractivity contribution in [2.45, 2.75) is 6.42 Å². The summed E-state index contributed by atoms with van der Waals surface area (Å²) in [4.78, 5) is 4.05. The zero-order valence-corrected chi connectivity index (χ0v) is 7.97. The molecule has 0 aliphatic carbocycles. The molecule has 0 aliphatic heterocycles. The summed E-state index contributed by atoms with van der Waals surface area (Å²) in [5.74, 6) is 0. The molecule has 4 heteroatoms. The van der Waals surface area contributed by atoms with Gasteiger partial charge in [0.25, 0.3) is 0 Å². The van der Waals surface area contributed by atoms with Gasteiger partial charge in [0, 0.05) is 0 Å². The summed E-state index contributed by atoms with van der Waals surface area (Å²) in [7, 11) is 1.52. The smallest absolute Gasteiger partial charge is 0.165 e. The Hall–Kier alpha value is -1.47. The topological polar surface area (TPSA) is 45.9 Å². The number of nitrogens with zero attached hydrogens (tertiary/aromatic N) is 2. The second-order valence-electron chi connectivity index (χ2n) is 2.38. The molecule has 0 atom stereocenters. The van der Waals surface area contributed by atoms with Crippen molar-refractivity contribution in [1.82, 2.24) is 4.98 Å². The van der Waals surface area contributed by atoms with Crippen molar-refractivity contribution >= 4 is 17.3 Å². The summed E-state index contributed by atoms with van der Waals surface area (Å²) in [6, 6.07) is 7.20. The Morgan fingerprint density at radius 2 is 2.46 bits per heavy atom. The van der Waals surface area contributed by atoms with Crippen LogP contribution in [0.4, 0.5) is 0 Å². The highest BCUT2D eigenvalue weighted by Crippen LogP contribution is 2.00. The molecule has 0 fully saturated rings. The number of rotatable bonds is 2. The quantitative estimate of drug-likeness (QED) is 0.666. The molecule has 1 heterocycles. The number of methoxy groups -OCH3 is 1. The van der Waals surface area contributed by atoms with Crippen molar-refractivity contribution in [2.24, 2.45) is 0 Å². The highest BCUT2D eigenvalue weighted by molar-refractivity contribution is 7.80. The van der Waals surface area contributed by atoms with Gasteiger partial charge in [-0.15, -0.1) is 0 Å². The summed E-state index contributed by atoms with van der Waals surface area (Å²) < 4.78 is 4.84. The summed E-state index contributed by atoms with van der Waals surface area (Å²) in [6.45, 7) is 0. The largest absolute Gasteiger partial charge is 0.490 e. The van der Waals surface area contributed by atoms with Crippen molar-refractivity contribution in [1.29, 1.82) is 5.26 Å². The Balaban J connectivity index is 2.79. The first-order valence-corrected chi connectivity index (χ1v) is 4.10. The fourth-order valence-electron chi connectivity index (χ4n) is 0.860. The molecule has 0 saturated carbocycles. The first-order chi connectivity index (χ1) is 6.26.